The summed E-state index contributed by atoms with van der Waals surface area (Å²) in [6.45, 7) is 15.0. The molecule has 1 rings (SSSR count). The summed E-state index contributed by atoms with van der Waals surface area (Å²) in [5.41, 5.74) is 0.377. The highest BCUT2D eigenvalue weighted by atomic mass is 16.5. The molecule has 0 saturated carbocycles. The number of hydrogen-bond donors (Lipinski definition) is 0. The van der Waals surface area contributed by atoms with Crippen LogP contribution in [-0.4, -0.2) is 25.4 Å². The maximum atomic E-state index is 6.13. The van der Waals surface area contributed by atoms with Gasteiger partial charge in [0.2, 0.25) is 0 Å². The van der Waals surface area contributed by atoms with Gasteiger partial charge in [0.25, 0.3) is 0 Å². The van der Waals surface area contributed by atoms with Crippen LogP contribution in [0.2, 0.25) is 0 Å². The average Bonchev–Trinajstić information content (AvgIpc) is 2.52. The first kappa shape index (κ1) is 14.0. The van der Waals surface area contributed by atoms with Crippen LogP contribution in [0.15, 0.2) is 0 Å². The quantitative estimate of drug-likeness (QED) is 0.734. The van der Waals surface area contributed by atoms with Gasteiger partial charge in [-0.3, -0.25) is 0 Å². The molecule has 0 aliphatic carbocycles. The third-order valence-electron chi connectivity index (χ3n) is 2.85. The minimum Gasteiger partial charge on any atom is -0.375 e. The fraction of sp³-hybridized carbons (Fsp3) is 1.00. The predicted octanol–water partition coefficient (Wildman–Crippen LogP) is 3.64. The molecule has 2 unspecified atom stereocenters. The molecule has 0 spiro atoms. The first-order valence-corrected chi connectivity index (χ1v) is 6.43. The molecular formula is C14H28O2. The van der Waals surface area contributed by atoms with Crippen molar-refractivity contribution in [2.24, 2.45) is 10.8 Å². The Hall–Kier alpha value is -0.0800. The van der Waals surface area contributed by atoms with Gasteiger partial charge in [-0.15, -0.1) is 0 Å². The minimum absolute atomic E-state index is 0.153. The van der Waals surface area contributed by atoms with Crippen molar-refractivity contribution >= 4 is 0 Å². The zero-order chi connectivity index (χ0) is 12.4. The Kier molecular flexibility index (Phi) is 4.42. The summed E-state index contributed by atoms with van der Waals surface area (Å²) >= 11 is 0. The summed E-state index contributed by atoms with van der Waals surface area (Å²) in [4.78, 5) is 0. The molecule has 96 valence electrons. The molecule has 0 aromatic heterocycles. The van der Waals surface area contributed by atoms with Crippen LogP contribution in [0.1, 0.15) is 54.4 Å². The van der Waals surface area contributed by atoms with Gasteiger partial charge in [-0.1, -0.05) is 41.5 Å². The maximum Gasteiger partial charge on any atom is 0.0884 e. The Morgan fingerprint density at radius 1 is 1.19 bits per heavy atom. The molecule has 1 fully saturated rings. The second kappa shape index (κ2) is 5.05. The van der Waals surface area contributed by atoms with Gasteiger partial charge in [0, 0.05) is 6.61 Å². The zero-order valence-electron chi connectivity index (χ0n) is 11.8. The van der Waals surface area contributed by atoms with E-state index in [1.165, 1.54) is 6.42 Å². The van der Waals surface area contributed by atoms with E-state index in [1.54, 1.807) is 0 Å². The van der Waals surface area contributed by atoms with Crippen LogP contribution in [0.4, 0.5) is 0 Å². The molecule has 1 aliphatic rings. The summed E-state index contributed by atoms with van der Waals surface area (Å²) < 4.78 is 11.9. The van der Waals surface area contributed by atoms with Crippen molar-refractivity contribution in [3.63, 3.8) is 0 Å². The minimum atomic E-state index is 0.153. The van der Waals surface area contributed by atoms with Gasteiger partial charge >= 0.3 is 0 Å². The van der Waals surface area contributed by atoms with E-state index in [0.717, 1.165) is 19.6 Å². The van der Waals surface area contributed by atoms with Crippen molar-refractivity contribution in [1.82, 2.24) is 0 Å². The second-order valence-electron chi connectivity index (χ2n) is 7.21. The smallest absolute Gasteiger partial charge is 0.0884 e. The Morgan fingerprint density at radius 3 is 2.19 bits per heavy atom. The molecule has 1 heterocycles. The van der Waals surface area contributed by atoms with Crippen LogP contribution >= 0.6 is 0 Å². The van der Waals surface area contributed by atoms with Crippen LogP contribution in [0.3, 0.4) is 0 Å². The third kappa shape index (κ3) is 4.42. The highest BCUT2D eigenvalue weighted by molar-refractivity contribution is 4.85. The normalized spacial score (nSPS) is 24.8. The first-order chi connectivity index (χ1) is 7.20. The molecule has 1 aliphatic heterocycles. The Morgan fingerprint density at radius 2 is 1.81 bits per heavy atom. The molecule has 0 aromatic carbocycles. The number of ether oxygens (including phenoxy) is 2. The van der Waals surface area contributed by atoms with Gasteiger partial charge < -0.3 is 9.47 Å². The molecule has 0 amide bonds. The summed E-state index contributed by atoms with van der Waals surface area (Å²) in [6.07, 6.45) is 2.83. The van der Waals surface area contributed by atoms with E-state index in [2.05, 4.69) is 41.5 Å². The van der Waals surface area contributed by atoms with E-state index in [-0.39, 0.29) is 16.9 Å². The largest absolute Gasteiger partial charge is 0.375 e. The van der Waals surface area contributed by atoms with Gasteiger partial charge in [0.15, 0.2) is 0 Å². The molecule has 2 heteroatoms. The monoisotopic (exact) mass is 228 g/mol. The number of hydrogen-bond acceptors (Lipinski definition) is 2. The van der Waals surface area contributed by atoms with E-state index in [1.807, 2.05) is 0 Å². The van der Waals surface area contributed by atoms with Gasteiger partial charge in [-0.2, -0.15) is 0 Å². The fourth-order valence-corrected chi connectivity index (χ4v) is 2.10. The topological polar surface area (TPSA) is 18.5 Å². The van der Waals surface area contributed by atoms with Crippen LogP contribution in [-0.2, 0) is 9.47 Å². The van der Waals surface area contributed by atoms with E-state index in [9.17, 15) is 0 Å². The van der Waals surface area contributed by atoms with Gasteiger partial charge in [-0.05, 0) is 23.7 Å². The van der Waals surface area contributed by atoms with Crippen LogP contribution < -0.4 is 0 Å². The van der Waals surface area contributed by atoms with Gasteiger partial charge in [-0.25, -0.2) is 0 Å². The molecule has 0 radical (unpaired) electrons. The first-order valence-electron chi connectivity index (χ1n) is 6.43. The van der Waals surface area contributed by atoms with E-state index < -0.39 is 0 Å². The van der Waals surface area contributed by atoms with Crippen LogP contribution in [0.5, 0.6) is 0 Å². The summed E-state index contributed by atoms with van der Waals surface area (Å²) in [6, 6.07) is 0. The molecule has 0 N–H and O–H groups in total. The van der Waals surface area contributed by atoms with Crippen LogP contribution in [0.25, 0.3) is 0 Å². The van der Waals surface area contributed by atoms with E-state index in [0.29, 0.717) is 6.10 Å². The van der Waals surface area contributed by atoms with Crippen molar-refractivity contribution in [2.75, 3.05) is 13.2 Å². The lowest BCUT2D eigenvalue weighted by Gasteiger charge is -2.36. The number of rotatable bonds is 3. The molecular weight excluding hydrogens is 200 g/mol. The van der Waals surface area contributed by atoms with Gasteiger partial charge in [0.1, 0.15) is 0 Å². The van der Waals surface area contributed by atoms with E-state index >= 15 is 0 Å². The Labute approximate surface area is 101 Å². The highest BCUT2D eigenvalue weighted by Gasteiger charge is 2.36. The van der Waals surface area contributed by atoms with Crippen molar-refractivity contribution in [2.45, 2.75) is 66.6 Å². The lowest BCUT2D eigenvalue weighted by Crippen LogP contribution is -2.41. The maximum absolute atomic E-state index is 6.13. The summed E-state index contributed by atoms with van der Waals surface area (Å²) in [5.74, 6) is 0. The fourth-order valence-electron chi connectivity index (χ4n) is 2.10. The van der Waals surface area contributed by atoms with Crippen LogP contribution in [0, 0.1) is 10.8 Å². The van der Waals surface area contributed by atoms with Crippen molar-refractivity contribution in [1.29, 1.82) is 0 Å². The van der Waals surface area contributed by atoms with E-state index in [4.69, 9.17) is 9.47 Å². The molecule has 0 bridgehead atoms. The summed E-state index contributed by atoms with van der Waals surface area (Å²) in [5, 5.41) is 0. The SMILES string of the molecule is CC(C)(C)COC(C1CCCO1)C(C)(C)C. The molecule has 1 saturated heterocycles. The highest BCUT2D eigenvalue weighted by Crippen LogP contribution is 2.32. The predicted molar refractivity (Wildman–Crippen MR) is 67.6 cm³/mol. The molecule has 16 heavy (non-hydrogen) atoms. The summed E-state index contributed by atoms with van der Waals surface area (Å²) in [7, 11) is 0. The second-order valence-corrected chi connectivity index (χ2v) is 7.21. The Bertz CT molecular complexity index is 204. The van der Waals surface area contributed by atoms with Crippen molar-refractivity contribution in [3.05, 3.63) is 0 Å². The molecule has 2 atom stereocenters. The lowest BCUT2D eigenvalue weighted by molar-refractivity contribution is -0.114. The zero-order valence-corrected chi connectivity index (χ0v) is 11.8. The van der Waals surface area contributed by atoms with Crippen molar-refractivity contribution in [3.8, 4) is 0 Å². The van der Waals surface area contributed by atoms with Gasteiger partial charge in [0.05, 0.1) is 18.8 Å². The lowest BCUT2D eigenvalue weighted by atomic mass is 9.84. The Balaban J connectivity index is 2.57. The van der Waals surface area contributed by atoms with Crippen molar-refractivity contribution < 1.29 is 9.47 Å². The third-order valence-corrected chi connectivity index (χ3v) is 2.85. The molecule has 0 aromatic rings. The average molecular weight is 228 g/mol. The standard InChI is InChI=1S/C14H28O2/c1-13(2,3)10-16-12(14(4,5)6)11-8-7-9-15-11/h11-12H,7-10H2,1-6H3. The molecule has 2 nitrogen and oxygen atoms in total.